The third-order valence-electron chi connectivity index (χ3n) is 2.68. The van der Waals surface area contributed by atoms with Crippen LogP contribution in [0.25, 0.3) is 6.08 Å². The molecule has 0 aliphatic heterocycles. The van der Waals surface area contributed by atoms with Crippen LogP contribution < -0.4 is 10.2 Å². The molecule has 21 heavy (non-hydrogen) atoms. The average Bonchev–Trinajstić information content (AvgIpc) is 2.94. The Labute approximate surface area is 122 Å². The minimum Gasteiger partial charge on any atom is -0.496 e. The standard InChI is InChI=1S/C15H16N4O2/c1-11-10-13(18-17-11)15(20)19-16-9-5-7-12-6-3-4-8-14(12)21-2/h3-10H,1-2H3,(H,17,18)(H,19,20)/b7-5+,16-9+. The molecule has 2 aromatic rings. The van der Waals surface area contributed by atoms with E-state index in [-0.39, 0.29) is 5.91 Å². The number of aryl methyl sites for hydroxylation is 1. The first-order valence-electron chi connectivity index (χ1n) is 6.36. The minimum atomic E-state index is -0.360. The van der Waals surface area contributed by atoms with E-state index < -0.39 is 0 Å². The van der Waals surface area contributed by atoms with Crippen LogP contribution in [-0.2, 0) is 0 Å². The lowest BCUT2D eigenvalue weighted by molar-refractivity contribution is 0.0950. The van der Waals surface area contributed by atoms with Gasteiger partial charge in [-0.2, -0.15) is 10.2 Å². The number of carbonyl (C=O) groups excluding carboxylic acids is 1. The number of para-hydroxylation sites is 1. The summed E-state index contributed by atoms with van der Waals surface area (Å²) in [7, 11) is 1.62. The van der Waals surface area contributed by atoms with Crippen LogP contribution in [0.1, 0.15) is 21.7 Å². The summed E-state index contributed by atoms with van der Waals surface area (Å²) in [6.45, 7) is 1.82. The molecule has 0 spiro atoms. The number of carbonyl (C=O) groups is 1. The van der Waals surface area contributed by atoms with E-state index in [1.165, 1.54) is 6.21 Å². The number of hydrogen-bond donors (Lipinski definition) is 2. The Balaban J connectivity index is 1.90. The summed E-state index contributed by atoms with van der Waals surface area (Å²) >= 11 is 0. The summed E-state index contributed by atoms with van der Waals surface area (Å²) < 4.78 is 5.22. The first-order valence-corrected chi connectivity index (χ1v) is 6.36. The fourth-order valence-electron chi connectivity index (χ4n) is 1.68. The van der Waals surface area contributed by atoms with E-state index in [9.17, 15) is 4.79 Å². The van der Waals surface area contributed by atoms with Gasteiger partial charge >= 0.3 is 0 Å². The maximum absolute atomic E-state index is 11.6. The number of allylic oxidation sites excluding steroid dienone is 1. The molecule has 0 aliphatic rings. The number of methoxy groups -OCH3 is 1. The third kappa shape index (κ3) is 4.04. The van der Waals surface area contributed by atoms with Crippen LogP contribution in [0, 0.1) is 6.92 Å². The van der Waals surface area contributed by atoms with Gasteiger partial charge in [0.2, 0.25) is 0 Å². The van der Waals surface area contributed by atoms with Gasteiger partial charge in [0.15, 0.2) is 5.69 Å². The summed E-state index contributed by atoms with van der Waals surface area (Å²) in [5.41, 5.74) is 4.45. The van der Waals surface area contributed by atoms with Crippen molar-refractivity contribution in [2.75, 3.05) is 7.11 Å². The van der Waals surface area contributed by atoms with E-state index >= 15 is 0 Å². The Morgan fingerprint density at radius 1 is 1.43 bits per heavy atom. The Kier molecular flexibility index (Phi) is 4.87. The van der Waals surface area contributed by atoms with Gasteiger partial charge in [-0.1, -0.05) is 18.2 Å². The molecule has 0 saturated carbocycles. The van der Waals surface area contributed by atoms with Crippen LogP contribution in [0.5, 0.6) is 5.75 Å². The molecule has 1 heterocycles. The number of amides is 1. The van der Waals surface area contributed by atoms with Crippen molar-refractivity contribution in [1.29, 1.82) is 0 Å². The Morgan fingerprint density at radius 2 is 2.24 bits per heavy atom. The first-order chi connectivity index (χ1) is 10.2. The van der Waals surface area contributed by atoms with Gasteiger partial charge in [-0.3, -0.25) is 9.89 Å². The van der Waals surface area contributed by atoms with E-state index in [0.717, 1.165) is 17.0 Å². The molecule has 1 aromatic carbocycles. The van der Waals surface area contributed by atoms with Crippen molar-refractivity contribution in [3.8, 4) is 5.75 Å². The number of nitrogens with zero attached hydrogens (tertiary/aromatic N) is 2. The molecular weight excluding hydrogens is 268 g/mol. The van der Waals surface area contributed by atoms with Crippen LogP contribution in [-0.4, -0.2) is 29.4 Å². The Morgan fingerprint density at radius 3 is 2.95 bits per heavy atom. The van der Waals surface area contributed by atoms with Crippen molar-refractivity contribution in [3.05, 3.63) is 53.4 Å². The molecule has 0 aliphatic carbocycles. The normalized spacial score (nSPS) is 11.1. The number of H-pyrrole nitrogens is 1. The van der Waals surface area contributed by atoms with Crippen LogP contribution >= 0.6 is 0 Å². The van der Waals surface area contributed by atoms with Crippen molar-refractivity contribution >= 4 is 18.2 Å². The number of benzene rings is 1. The molecule has 0 bridgehead atoms. The summed E-state index contributed by atoms with van der Waals surface area (Å²) in [5.74, 6) is 0.416. The Bertz CT molecular complexity index is 674. The highest BCUT2D eigenvalue weighted by atomic mass is 16.5. The SMILES string of the molecule is COc1ccccc1/C=C/C=N/NC(=O)c1cc(C)[nH]n1. The maximum Gasteiger partial charge on any atom is 0.291 e. The van der Waals surface area contributed by atoms with Gasteiger partial charge in [-0.15, -0.1) is 0 Å². The van der Waals surface area contributed by atoms with Gasteiger partial charge in [-0.25, -0.2) is 5.43 Å². The number of hydrogen-bond acceptors (Lipinski definition) is 4. The maximum atomic E-state index is 11.6. The van der Waals surface area contributed by atoms with Crippen LogP contribution in [0.4, 0.5) is 0 Å². The zero-order valence-electron chi connectivity index (χ0n) is 11.8. The largest absolute Gasteiger partial charge is 0.496 e. The summed E-state index contributed by atoms with van der Waals surface area (Å²) in [6.07, 6.45) is 5.05. The number of aromatic nitrogens is 2. The number of aromatic amines is 1. The fourth-order valence-corrected chi connectivity index (χ4v) is 1.68. The second-order valence-electron chi connectivity index (χ2n) is 4.26. The van der Waals surface area contributed by atoms with E-state index in [1.54, 1.807) is 19.3 Å². The topological polar surface area (TPSA) is 79.4 Å². The highest BCUT2D eigenvalue weighted by Crippen LogP contribution is 2.18. The van der Waals surface area contributed by atoms with Crippen LogP contribution in [0.15, 0.2) is 41.5 Å². The first kappa shape index (κ1) is 14.5. The van der Waals surface area contributed by atoms with Gasteiger partial charge in [-0.05, 0) is 31.2 Å². The van der Waals surface area contributed by atoms with Crippen LogP contribution in [0.2, 0.25) is 0 Å². The second kappa shape index (κ2) is 7.04. The Hall–Kier alpha value is -2.89. The van der Waals surface area contributed by atoms with Gasteiger partial charge in [0.25, 0.3) is 5.91 Å². The lowest BCUT2D eigenvalue weighted by atomic mass is 10.2. The van der Waals surface area contributed by atoms with Gasteiger partial charge in [0.1, 0.15) is 5.75 Å². The average molecular weight is 284 g/mol. The van der Waals surface area contributed by atoms with Crippen LogP contribution in [0.3, 0.4) is 0 Å². The minimum absolute atomic E-state index is 0.304. The zero-order chi connectivity index (χ0) is 15.1. The smallest absolute Gasteiger partial charge is 0.291 e. The predicted octanol–water partition coefficient (Wildman–Crippen LogP) is 2.16. The molecule has 0 atom stereocenters. The second-order valence-corrected chi connectivity index (χ2v) is 4.26. The summed E-state index contributed by atoms with van der Waals surface area (Å²) in [5, 5.41) is 10.4. The van der Waals surface area contributed by atoms with Crippen molar-refractivity contribution in [2.24, 2.45) is 5.10 Å². The van der Waals surface area contributed by atoms with E-state index in [0.29, 0.717) is 5.69 Å². The molecule has 0 unspecified atom stereocenters. The van der Waals surface area contributed by atoms with Gasteiger partial charge in [0, 0.05) is 17.5 Å². The number of ether oxygens (including phenoxy) is 1. The zero-order valence-corrected chi connectivity index (χ0v) is 11.8. The van der Waals surface area contributed by atoms with E-state index in [2.05, 4.69) is 20.7 Å². The molecule has 1 amide bonds. The summed E-state index contributed by atoms with van der Waals surface area (Å²) in [4.78, 5) is 11.6. The molecule has 6 nitrogen and oxygen atoms in total. The number of hydrazone groups is 1. The summed E-state index contributed by atoms with van der Waals surface area (Å²) in [6, 6.07) is 9.26. The van der Waals surface area contributed by atoms with E-state index in [1.807, 2.05) is 37.3 Å². The predicted molar refractivity (Wildman–Crippen MR) is 81.3 cm³/mol. The quantitative estimate of drug-likeness (QED) is 0.652. The van der Waals surface area contributed by atoms with E-state index in [4.69, 9.17) is 4.74 Å². The molecule has 2 rings (SSSR count). The molecule has 0 radical (unpaired) electrons. The third-order valence-corrected chi connectivity index (χ3v) is 2.68. The van der Waals surface area contributed by atoms with Gasteiger partial charge in [0.05, 0.1) is 7.11 Å². The van der Waals surface area contributed by atoms with Crippen molar-refractivity contribution in [1.82, 2.24) is 15.6 Å². The molecule has 6 heteroatoms. The number of rotatable bonds is 5. The molecule has 0 fully saturated rings. The van der Waals surface area contributed by atoms with Crippen molar-refractivity contribution in [2.45, 2.75) is 6.92 Å². The fraction of sp³-hybridized carbons (Fsp3) is 0.133. The lowest BCUT2D eigenvalue weighted by Crippen LogP contribution is -2.17. The highest BCUT2D eigenvalue weighted by molar-refractivity contribution is 5.93. The molecule has 0 saturated heterocycles. The number of nitrogens with one attached hydrogen (secondary N) is 2. The lowest BCUT2D eigenvalue weighted by Gasteiger charge is -2.02. The highest BCUT2D eigenvalue weighted by Gasteiger charge is 2.06. The van der Waals surface area contributed by atoms with Crippen molar-refractivity contribution in [3.63, 3.8) is 0 Å². The van der Waals surface area contributed by atoms with Crippen molar-refractivity contribution < 1.29 is 9.53 Å². The van der Waals surface area contributed by atoms with Gasteiger partial charge < -0.3 is 4.74 Å². The molecule has 1 aromatic heterocycles. The molecule has 2 N–H and O–H groups in total. The molecular formula is C15H16N4O2. The molecule has 108 valence electrons. The monoisotopic (exact) mass is 284 g/mol.